The monoisotopic (exact) mass is 238 g/mol. The van der Waals surface area contributed by atoms with Crippen LogP contribution in [0.3, 0.4) is 0 Å². The third kappa shape index (κ3) is 3.75. The van der Waals surface area contributed by atoms with Crippen molar-refractivity contribution in [1.82, 2.24) is 0 Å². The van der Waals surface area contributed by atoms with Crippen molar-refractivity contribution in [2.75, 3.05) is 0 Å². The first-order chi connectivity index (χ1) is 4.69. The second-order valence-electron chi connectivity index (χ2n) is 1.70. The molecule has 8 heteroatoms. The molecule has 11 heavy (non-hydrogen) atoms. The maximum absolute atomic E-state index is 11.5. The van der Waals surface area contributed by atoms with E-state index < -0.39 is 29.9 Å². The molecular weight excluding hydrogens is 236 g/mol. The molecule has 0 spiro atoms. The number of hydrogen-bond acceptors (Lipinski definition) is 0. The molecule has 0 atom stereocenters. The van der Waals surface area contributed by atoms with Crippen LogP contribution in [-0.2, 0) is 0 Å². The van der Waals surface area contributed by atoms with E-state index in [-0.39, 0.29) is 0 Å². The molecule has 0 aromatic heterocycles. The van der Waals surface area contributed by atoms with Crippen LogP contribution < -0.4 is 0 Å². The van der Waals surface area contributed by atoms with Crippen LogP contribution in [0.15, 0.2) is 0 Å². The Hall–Kier alpha value is 0.697. The molecule has 0 aliphatic heterocycles. The van der Waals surface area contributed by atoms with Gasteiger partial charge in [0, 0.05) is 0 Å². The zero-order valence-electron chi connectivity index (χ0n) is 5.25. The van der Waals surface area contributed by atoms with Crippen LogP contribution in [-0.4, -0.2) is 40.9 Å². The Kier molecular flexibility index (Phi) is 3.84. The zero-order valence-corrected chi connectivity index (χ0v) is 6.97. The number of halogens is 6. The van der Waals surface area contributed by atoms with Gasteiger partial charge in [-0.1, -0.05) is 0 Å². The van der Waals surface area contributed by atoms with E-state index in [4.69, 9.17) is 0 Å². The minimum absolute atomic E-state index is 0.915. The van der Waals surface area contributed by atoms with Gasteiger partial charge in [-0.05, 0) is 0 Å². The molecule has 0 aliphatic carbocycles. The molecule has 0 N–H and O–H groups in total. The summed E-state index contributed by atoms with van der Waals surface area (Å²) >= 11 is -0.574. The quantitative estimate of drug-likeness (QED) is 0.480. The fourth-order valence-electron chi connectivity index (χ4n) is 0.453. The maximum atomic E-state index is 11.5. The molecular formula is C3HF6LiSe. The third-order valence-corrected chi connectivity index (χ3v) is 2.94. The van der Waals surface area contributed by atoms with Crippen LogP contribution in [0.5, 0.6) is 0 Å². The van der Waals surface area contributed by atoms with Crippen LogP contribution in [0.2, 0.25) is 4.82 Å². The fraction of sp³-hybridized carbons (Fsp3) is 1.00. The van der Waals surface area contributed by atoms with E-state index >= 15 is 0 Å². The summed E-state index contributed by atoms with van der Waals surface area (Å²) in [5, 5.41) is 0. The minimum atomic E-state index is -5.15. The molecule has 0 bridgehead atoms. The Morgan fingerprint density at radius 3 is 1.18 bits per heavy atom. The van der Waals surface area contributed by atoms with Gasteiger partial charge in [-0.25, -0.2) is 0 Å². The van der Waals surface area contributed by atoms with Gasteiger partial charge in [-0.2, -0.15) is 0 Å². The van der Waals surface area contributed by atoms with Gasteiger partial charge in [-0.15, -0.1) is 0 Å². The van der Waals surface area contributed by atoms with Gasteiger partial charge in [0.15, 0.2) is 0 Å². The van der Waals surface area contributed by atoms with Gasteiger partial charge in [0.2, 0.25) is 0 Å². The Morgan fingerprint density at radius 2 is 1.18 bits per heavy atom. The molecule has 0 amide bonds. The number of hydrogen-bond donors (Lipinski definition) is 0. The summed E-state index contributed by atoms with van der Waals surface area (Å²) in [5.74, 6) is 0. The Labute approximate surface area is 72.4 Å². The van der Waals surface area contributed by atoms with E-state index in [1.165, 1.54) is 0 Å². The molecule has 0 radical (unpaired) electrons. The van der Waals surface area contributed by atoms with Crippen molar-refractivity contribution in [2.45, 2.75) is 17.2 Å². The van der Waals surface area contributed by atoms with Gasteiger partial charge in [0.1, 0.15) is 0 Å². The normalized spacial score (nSPS) is 14.3. The van der Waals surface area contributed by atoms with Crippen molar-refractivity contribution in [2.24, 2.45) is 0 Å². The molecule has 0 saturated carbocycles. The van der Waals surface area contributed by atoms with Crippen molar-refractivity contribution >= 4 is 28.5 Å². The first kappa shape index (κ1) is 11.7. The Bertz CT molecular complexity index is 113. The van der Waals surface area contributed by atoms with Crippen molar-refractivity contribution in [3.8, 4) is 0 Å². The molecule has 62 valence electrons. The van der Waals surface area contributed by atoms with E-state index in [1.807, 2.05) is 0 Å². The second kappa shape index (κ2) is 3.61. The van der Waals surface area contributed by atoms with Crippen molar-refractivity contribution < 1.29 is 26.3 Å². The number of alkyl halides is 6. The first-order valence-corrected chi connectivity index (χ1v) is 5.06. The summed E-state index contributed by atoms with van der Waals surface area (Å²) in [4.78, 5) is -3.12. The average Bonchev–Trinajstić information content (AvgIpc) is 1.56. The van der Waals surface area contributed by atoms with Crippen LogP contribution in [0.1, 0.15) is 0 Å². The molecule has 0 aliphatic rings. The predicted octanol–water partition coefficient (Wildman–Crippen LogP) is 1.69. The van der Waals surface area contributed by atoms with E-state index in [1.54, 1.807) is 0 Å². The second-order valence-corrected chi connectivity index (χ2v) is 3.68. The summed E-state index contributed by atoms with van der Waals surface area (Å²) in [6.45, 7) is 0. The summed E-state index contributed by atoms with van der Waals surface area (Å²) in [6, 6.07) is 0. The average molecular weight is 237 g/mol. The Morgan fingerprint density at radius 1 is 0.909 bits per heavy atom. The summed E-state index contributed by atoms with van der Waals surface area (Å²) < 4.78 is 69.1. The molecule has 0 unspecified atom stereocenters. The van der Waals surface area contributed by atoms with E-state index in [9.17, 15) is 26.3 Å². The molecule has 0 aromatic carbocycles. The summed E-state index contributed by atoms with van der Waals surface area (Å²) in [6.07, 6.45) is -10.3. The van der Waals surface area contributed by atoms with Crippen LogP contribution >= 0.6 is 0 Å². The van der Waals surface area contributed by atoms with Gasteiger partial charge >= 0.3 is 72.1 Å². The van der Waals surface area contributed by atoms with Gasteiger partial charge in [0.05, 0.1) is 0 Å². The van der Waals surface area contributed by atoms with Crippen LogP contribution in [0.4, 0.5) is 26.3 Å². The molecule has 0 nitrogen and oxygen atoms in total. The first-order valence-electron chi connectivity index (χ1n) is 2.36. The zero-order chi connectivity index (χ0) is 9.28. The van der Waals surface area contributed by atoms with Crippen LogP contribution in [0.25, 0.3) is 0 Å². The van der Waals surface area contributed by atoms with Crippen molar-refractivity contribution in [1.29, 1.82) is 0 Å². The standard InChI is InChI=1S/C3H2F6Se.Li/c4-2(5,6)1(10)3(7,8)9;/h1,10H;/q;+1/p-1. The van der Waals surface area contributed by atoms with Gasteiger partial charge in [-0.3, -0.25) is 0 Å². The molecule has 0 heterocycles. The van der Waals surface area contributed by atoms with Gasteiger partial charge < -0.3 is 0 Å². The third-order valence-electron chi connectivity index (χ3n) is 0.830. The topological polar surface area (TPSA) is 0 Å². The van der Waals surface area contributed by atoms with E-state index in [2.05, 4.69) is 0 Å². The summed E-state index contributed by atoms with van der Waals surface area (Å²) in [7, 11) is 0. The Balaban J connectivity index is 4.43. The SMILES string of the molecule is [Li][Se]C(C(F)(F)F)C(F)(F)F. The van der Waals surface area contributed by atoms with Gasteiger partial charge in [0.25, 0.3) is 0 Å². The van der Waals surface area contributed by atoms with Crippen LogP contribution in [0, 0.1) is 0 Å². The van der Waals surface area contributed by atoms with Crippen molar-refractivity contribution in [3.05, 3.63) is 0 Å². The van der Waals surface area contributed by atoms with E-state index in [0.717, 1.165) is 15.8 Å². The predicted molar refractivity (Wildman–Crippen MR) is 27.4 cm³/mol. The molecule has 0 fully saturated rings. The number of rotatable bonds is 1. The van der Waals surface area contributed by atoms with E-state index in [0.29, 0.717) is 0 Å². The fourth-order valence-corrected chi connectivity index (χ4v) is 1.57. The summed E-state index contributed by atoms with van der Waals surface area (Å²) in [5.41, 5.74) is 0. The molecule has 0 saturated heterocycles. The molecule has 0 rings (SSSR count). The molecule has 0 aromatic rings. The van der Waals surface area contributed by atoms with Crippen molar-refractivity contribution in [3.63, 3.8) is 0 Å².